The molecule has 60 valence electrons. The molecule has 0 aliphatic heterocycles. The van der Waals surface area contributed by atoms with Crippen LogP contribution in [-0.2, 0) is 6.42 Å². The highest BCUT2D eigenvalue weighted by Crippen LogP contribution is 2.02. The van der Waals surface area contributed by atoms with Gasteiger partial charge in [-0.05, 0) is 12.5 Å². The Morgan fingerprint density at radius 2 is 2.27 bits per heavy atom. The Kier molecular flexibility index (Phi) is 2.76. The van der Waals surface area contributed by atoms with Crippen LogP contribution in [0.1, 0.15) is 19.0 Å². The van der Waals surface area contributed by atoms with Crippen molar-refractivity contribution in [2.24, 2.45) is 0 Å². The monoisotopic (exact) mass is 169 g/mol. The van der Waals surface area contributed by atoms with E-state index >= 15 is 0 Å². The van der Waals surface area contributed by atoms with Gasteiger partial charge in [0.15, 0.2) is 5.69 Å². The van der Waals surface area contributed by atoms with Gasteiger partial charge in [0.05, 0.1) is 0 Å². The first-order valence-electron chi connectivity index (χ1n) is 3.66. The predicted octanol–water partition coefficient (Wildman–Crippen LogP) is 1.56. The second kappa shape index (κ2) is 3.62. The molecule has 0 aliphatic rings. The van der Waals surface area contributed by atoms with Gasteiger partial charge >= 0.3 is 0 Å². The first-order chi connectivity index (χ1) is 5.25. The second-order valence-electron chi connectivity index (χ2n) is 2.42. The molecule has 0 saturated carbocycles. The summed E-state index contributed by atoms with van der Waals surface area (Å²) in [4.78, 5) is 0. The van der Waals surface area contributed by atoms with Gasteiger partial charge in [-0.3, -0.25) is 0 Å². The van der Waals surface area contributed by atoms with Crippen molar-refractivity contribution < 1.29 is 4.73 Å². The molecule has 1 aromatic heterocycles. The summed E-state index contributed by atoms with van der Waals surface area (Å²) in [6, 6.07) is 5.37. The molecule has 0 amide bonds. The lowest BCUT2D eigenvalue weighted by Gasteiger charge is -2.03. The van der Waals surface area contributed by atoms with Crippen LogP contribution in [-0.4, -0.2) is 0 Å². The summed E-state index contributed by atoms with van der Waals surface area (Å²) in [5.41, 5.74) is 0.792. The fourth-order valence-corrected chi connectivity index (χ4v) is 1.18. The van der Waals surface area contributed by atoms with Crippen molar-refractivity contribution in [3.05, 3.63) is 29.1 Å². The number of pyridine rings is 1. The number of rotatable bonds is 2. The van der Waals surface area contributed by atoms with Crippen LogP contribution in [0.15, 0.2) is 23.2 Å². The molecule has 0 atom stereocenters. The van der Waals surface area contributed by atoms with Crippen LogP contribution in [0.3, 0.4) is 0 Å². The first-order valence-corrected chi connectivity index (χ1v) is 4.11. The summed E-state index contributed by atoms with van der Waals surface area (Å²) in [6.45, 7) is 2.05. The summed E-state index contributed by atoms with van der Waals surface area (Å²) in [5, 5.41) is 11.7. The Bertz CT molecular complexity index is 250. The number of hydrogen-bond donors (Lipinski definition) is 1. The maximum atomic E-state index is 11.2. The van der Waals surface area contributed by atoms with Gasteiger partial charge in [0.1, 0.15) is 0 Å². The molecule has 1 heterocycles. The summed E-state index contributed by atoms with van der Waals surface area (Å²) >= 11 is 4.01. The van der Waals surface area contributed by atoms with Crippen molar-refractivity contribution in [2.75, 3.05) is 0 Å². The zero-order valence-corrected chi connectivity index (χ0v) is 7.34. The molecule has 0 saturated heterocycles. The zero-order chi connectivity index (χ0) is 8.27. The fraction of sp³-hybridized carbons (Fsp3) is 0.375. The van der Waals surface area contributed by atoms with Crippen molar-refractivity contribution in [3.63, 3.8) is 0 Å². The van der Waals surface area contributed by atoms with Gasteiger partial charge in [0.25, 0.3) is 0 Å². The van der Waals surface area contributed by atoms with Crippen LogP contribution in [0, 0.1) is 5.21 Å². The van der Waals surface area contributed by atoms with Crippen LogP contribution in [0.5, 0.6) is 0 Å². The van der Waals surface area contributed by atoms with Crippen LogP contribution in [0.2, 0.25) is 0 Å². The van der Waals surface area contributed by atoms with Gasteiger partial charge in [0, 0.05) is 18.6 Å². The predicted molar refractivity (Wildman–Crippen MR) is 46.6 cm³/mol. The number of thiol groups is 1. The molecular formula is C8H11NOS. The Hall–Kier alpha value is -0.700. The lowest BCUT2D eigenvalue weighted by atomic mass is 10.2. The molecule has 2 nitrogen and oxygen atoms in total. The summed E-state index contributed by atoms with van der Waals surface area (Å²) in [5.74, 6) is 0. The van der Waals surface area contributed by atoms with E-state index in [0.29, 0.717) is 5.03 Å². The molecule has 0 fully saturated rings. The van der Waals surface area contributed by atoms with E-state index in [2.05, 4.69) is 12.6 Å². The maximum Gasteiger partial charge on any atom is 0.248 e. The van der Waals surface area contributed by atoms with E-state index in [0.717, 1.165) is 23.3 Å². The third-order valence-corrected chi connectivity index (χ3v) is 1.84. The van der Waals surface area contributed by atoms with E-state index in [-0.39, 0.29) is 0 Å². The topological polar surface area (TPSA) is 26.9 Å². The van der Waals surface area contributed by atoms with E-state index in [1.165, 1.54) is 0 Å². The normalized spacial score (nSPS) is 10.0. The smallest absolute Gasteiger partial charge is 0.248 e. The number of aromatic nitrogens is 1. The molecule has 0 spiro atoms. The Labute approximate surface area is 71.9 Å². The zero-order valence-electron chi connectivity index (χ0n) is 6.45. The molecule has 0 radical (unpaired) electrons. The number of hydrogen-bond acceptors (Lipinski definition) is 2. The quantitative estimate of drug-likeness (QED) is 0.406. The van der Waals surface area contributed by atoms with Gasteiger partial charge in [-0.25, -0.2) is 0 Å². The number of nitrogens with zero attached hydrogens (tertiary/aromatic N) is 1. The Morgan fingerprint density at radius 3 is 2.91 bits per heavy atom. The SMILES string of the molecule is CCCc1cccc(S)[n+]1[O-]. The van der Waals surface area contributed by atoms with Crippen molar-refractivity contribution in [1.82, 2.24) is 0 Å². The number of aryl methyl sites for hydroxylation is 1. The highest BCUT2D eigenvalue weighted by Gasteiger charge is 2.05. The van der Waals surface area contributed by atoms with Gasteiger partial charge in [-0.15, -0.1) is 0 Å². The van der Waals surface area contributed by atoms with Crippen LogP contribution < -0.4 is 4.73 Å². The summed E-state index contributed by atoms with van der Waals surface area (Å²) in [6.07, 6.45) is 1.80. The highest BCUT2D eigenvalue weighted by molar-refractivity contribution is 7.80. The van der Waals surface area contributed by atoms with E-state index in [1.807, 2.05) is 19.1 Å². The van der Waals surface area contributed by atoms with E-state index in [9.17, 15) is 5.21 Å². The van der Waals surface area contributed by atoms with E-state index < -0.39 is 0 Å². The third-order valence-electron chi connectivity index (χ3n) is 1.51. The largest absolute Gasteiger partial charge is 0.618 e. The molecule has 1 aromatic rings. The van der Waals surface area contributed by atoms with Crippen molar-refractivity contribution in [2.45, 2.75) is 24.8 Å². The van der Waals surface area contributed by atoms with E-state index in [1.54, 1.807) is 6.07 Å². The third kappa shape index (κ3) is 1.87. The lowest BCUT2D eigenvalue weighted by Crippen LogP contribution is -2.33. The second-order valence-corrected chi connectivity index (χ2v) is 2.88. The van der Waals surface area contributed by atoms with Gasteiger partial charge in [-0.2, -0.15) is 4.73 Å². The standard InChI is InChI=1S/C8H11NOS/c1-2-4-7-5-3-6-8(11)9(7)10/h3,5-6,11H,2,4H2,1H3. The summed E-state index contributed by atoms with van der Waals surface area (Å²) in [7, 11) is 0. The first kappa shape index (κ1) is 8.40. The molecule has 11 heavy (non-hydrogen) atoms. The molecule has 0 bridgehead atoms. The molecule has 1 rings (SSSR count). The van der Waals surface area contributed by atoms with Crippen molar-refractivity contribution in [1.29, 1.82) is 0 Å². The minimum atomic E-state index is 0.468. The van der Waals surface area contributed by atoms with Gasteiger partial charge < -0.3 is 5.21 Å². The fourth-order valence-electron chi connectivity index (χ4n) is 0.969. The Balaban J connectivity index is 2.96. The molecule has 0 aliphatic carbocycles. The van der Waals surface area contributed by atoms with E-state index in [4.69, 9.17) is 0 Å². The molecule has 0 N–H and O–H groups in total. The summed E-state index contributed by atoms with van der Waals surface area (Å²) < 4.78 is 0.868. The average Bonchev–Trinajstić information content (AvgIpc) is 1.99. The molecule has 0 aromatic carbocycles. The minimum absolute atomic E-state index is 0.468. The Morgan fingerprint density at radius 1 is 1.55 bits per heavy atom. The minimum Gasteiger partial charge on any atom is -0.618 e. The van der Waals surface area contributed by atoms with Crippen molar-refractivity contribution in [3.8, 4) is 0 Å². The lowest BCUT2D eigenvalue weighted by molar-refractivity contribution is -0.653. The van der Waals surface area contributed by atoms with Crippen LogP contribution >= 0.6 is 12.6 Å². The molecular weight excluding hydrogens is 158 g/mol. The average molecular weight is 169 g/mol. The van der Waals surface area contributed by atoms with Crippen LogP contribution in [0.25, 0.3) is 0 Å². The molecule has 0 unspecified atom stereocenters. The van der Waals surface area contributed by atoms with Crippen molar-refractivity contribution >= 4 is 12.6 Å². The maximum absolute atomic E-state index is 11.2. The van der Waals surface area contributed by atoms with Crippen LogP contribution in [0.4, 0.5) is 0 Å². The highest BCUT2D eigenvalue weighted by atomic mass is 32.1. The van der Waals surface area contributed by atoms with Gasteiger partial charge in [0.2, 0.25) is 5.03 Å². The van der Waals surface area contributed by atoms with Gasteiger partial charge in [-0.1, -0.05) is 19.6 Å². The molecule has 3 heteroatoms.